The summed E-state index contributed by atoms with van der Waals surface area (Å²) in [4.78, 5) is 14.6. The second-order valence-electron chi connectivity index (χ2n) is 7.17. The molecule has 0 radical (unpaired) electrons. The molecule has 1 aromatic rings. The van der Waals surface area contributed by atoms with Gasteiger partial charge in [-0.2, -0.15) is 0 Å². The molecule has 2 rings (SSSR count). The van der Waals surface area contributed by atoms with Crippen LogP contribution in [-0.2, 0) is 22.5 Å². The zero-order chi connectivity index (χ0) is 17.3. The number of hydrogen-bond donors (Lipinski definition) is 1. The van der Waals surface area contributed by atoms with Crippen LogP contribution in [-0.4, -0.2) is 36.1 Å². The molecule has 1 aliphatic rings. The lowest BCUT2D eigenvalue weighted by Gasteiger charge is -2.58. The second kappa shape index (κ2) is 6.62. The van der Waals surface area contributed by atoms with Gasteiger partial charge in [0.05, 0.1) is 6.10 Å². The molecule has 4 heteroatoms. The molecule has 1 fully saturated rings. The van der Waals surface area contributed by atoms with Crippen LogP contribution in [0.5, 0.6) is 0 Å². The highest BCUT2D eigenvalue weighted by atomic mass is 16.5. The molecule has 2 N–H and O–H groups in total. The van der Waals surface area contributed by atoms with Crippen LogP contribution in [0.4, 0.5) is 0 Å². The normalized spacial score (nSPS) is 25.7. The SMILES string of the molecule is CCOC1CC(N)(C(=O)N(C)Cc2ccc(CC)cc2)C1(C)C. The topological polar surface area (TPSA) is 55.6 Å². The third kappa shape index (κ3) is 3.15. The number of carbonyl (C=O) groups excluding carboxylic acids is 1. The van der Waals surface area contributed by atoms with Crippen molar-refractivity contribution in [2.75, 3.05) is 13.7 Å². The van der Waals surface area contributed by atoms with Crippen molar-refractivity contribution in [2.24, 2.45) is 11.1 Å². The number of nitrogens with two attached hydrogens (primary N) is 1. The van der Waals surface area contributed by atoms with Crippen LogP contribution >= 0.6 is 0 Å². The smallest absolute Gasteiger partial charge is 0.243 e. The molecule has 0 heterocycles. The molecule has 1 saturated carbocycles. The molecule has 2 unspecified atom stereocenters. The van der Waals surface area contributed by atoms with E-state index in [1.165, 1.54) is 5.56 Å². The number of carbonyl (C=O) groups is 1. The number of benzene rings is 1. The predicted molar refractivity (Wildman–Crippen MR) is 93.0 cm³/mol. The minimum Gasteiger partial charge on any atom is -0.378 e. The van der Waals surface area contributed by atoms with E-state index in [1.54, 1.807) is 4.90 Å². The highest BCUT2D eigenvalue weighted by molar-refractivity contribution is 5.88. The summed E-state index contributed by atoms with van der Waals surface area (Å²) in [5.74, 6) is -0.00183. The molecular formula is C19H30N2O2. The Morgan fingerprint density at radius 1 is 1.26 bits per heavy atom. The Kier molecular flexibility index (Phi) is 5.17. The minimum atomic E-state index is -0.842. The molecule has 4 nitrogen and oxygen atoms in total. The molecule has 0 spiro atoms. The van der Waals surface area contributed by atoms with E-state index in [4.69, 9.17) is 10.5 Å². The average molecular weight is 318 g/mol. The van der Waals surface area contributed by atoms with Crippen molar-refractivity contribution in [2.45, 2.75) is 58.7 Å². The fourth-order valence-corrected chi connectivity index (χ4v) is 3.36. The summed E-state index contributed by atoms with van der Waals surface area (Å²) < 4.78 is 5.71. The standard InChI is InChI=1S/C19H30N2O2/c1-6-14-8-10-15(11-9-14)13-21(5)17(22)19(20)12-16(23-7-2)18(19,3)4/h8-11,16H,6-7,12-13,20H2,1-5H3. The largest absolute Gasteiger partial charge is 0.378 e. The Bertz CT molecular complexity index is 553. The highest BCUT2D eigenvalue weighted by Crippen LogP contribution is 2.50. The van der Waals surface area contributed by atoms with E-state index < -0.39 is 5.54 Å². The lowest BCUT2D eigenvalue weighted by Crippen LogP contribution is -2.75. The van der Waals surface area contributed by atoms with Crippen LogP contribution < -0.4 is 5.73 Å². The summed E-state index contributed by atoms with van der Waals surface area (Å²) >= 11 is 0. The molecule has 1 aliphatic carbocycles. The molecular weight excluding hydrogens is 288 g/mol. The zero-order valence-electron chi connectivity index (χ0n) is 15.1. The van der Waals surface area contributed by atoms with E-state index in [-0.39, 0.29) is 17.4 Å². The van der Waals surface area contributed by atoms with Gasteiger partial charge in [-0.05, 0) is 24.5 Å². The van der Waals surface area contributed by atoms with Crippen molar-refractivity contribution in [3.63, 3.8) is 0 Å². The van der Waals surface area contributed by atoms with Gasteiger partial charge in [0.2, 0.25) is 5.91 Å². The first-order valence-electron chi connectivity index (χ1n) is 8.50. The fourth-order valence-electron chi connectivity index (χ4n) is 3.36. The number of hydrogen-bond acceptors (Lipinski definition) is 3. The number of rotatable bonds is 6. The molecule has 128 valence electrons. The Morgan fingerprint density at radius 2 is 1.83 bits per heavy atom. The van der Waals surface area contributed by atoms with Crippen LogP contribution in [0.2, 0.25) is 0 Å². The van der Waals surface area contributed by atoms with Gasteiger partial charge in [0.15, 0.2) is 0 Å². The molecule has 0 aromatic heterocycles. The molecule has 0 aliphatic heterocycles. The van der Waals surface area contributed by atoms with Crippen LogP contribution in [0.1, 0.15) is 45.2 Å². The Balaban J connectivity index is 2.04. The lowest BCUT2D eigenvalue weighted by molar-refractivity contribution is -0.178. The quantitative estimate of drug-likeness (QED) is 0.877. The summed E-state index contributed by atoms with van der Waals surface area (Å²) in [6.07, 6.45) is 1.67. The van der Waals surface area contributed by atoms with Gasteiger partial charge in [-0.1, -0.05) is 45.0 Å². The van der Waals surface area contributed by atoms with E-state index in [0.717, 1.165) is 12.0 Å². The first kappa shape index (κ1) is 18.0. The third-order valence-corrected chi connectivity index (χ3v) is 5.41. The first-order valence-corrected chi connectivity index (χ1v) is 8.50. The van der Waals surface area contributed by atoms with E-state index in [2.05, 4.69) is 31.2 Å². The van der Waals surface area contributed by atoms with Crippen molar-refractivity contribution < 1.29 is 9.53 Å². The van der Waals surface area contributed by atoms with E-state index in [9.17, 15) is 4.79 Å². The Morgan fingerprint density at radius 3 is 2.30 bits per heavy atom. The molecule has 0 bridgehead atoms. The van der Waals surface area contributed by atoms with Crippen molar-refractivity contribution in [3.05, 3.63) is 35.4 Å². The van der Waals surface area contributed by atoms with Gasteiger partial charge in [-0.15, -0.1) is 0 Å². The summed E-state index contributed by atoms with van der Waals surface area (Å²) in [6.45, 7) is 9.39. The molecule has 1 aromatic carbocycles. The molecule has 0 saturated heterocycles. The predicted octanol–water partition coefficient (Wildman–Crippen LogP) is 2.74. The first-order chi connectivity index (χ1) is 10.8. The van der Waals surface area contributed by atoms with Crippen LogP contribution in [0, 0.1) is 5.41 Å². The van der Waals surface area contributed by atoms with Gasteiger partial charge in [0.25, 0.3) is 0 Å². The van der Waals surface area contributed by atoms with Crippen molar-refractivity contribution in [1.29, 1.82) is 0 Å². The van der Waals surface area contributed by atoms with Gasteiger partial charge in [0, 0.05) is 32.0 Å². The minimum absolute atomic E-state index is 0.00183. The summed E-state index contributed by atoms with van der Waals surface area (Å²) in [7, 11) is 1.83. The summed E-state index contributed by atoms with van der Waals surface area (Å²) in [6, 6.07) is 8.40. The number of aryl methyl sites for hydroxylation is 1. The van der Waals surface area contributed by atoms with Crippen LogP contribution in [0.3, 0.4) is 0 Å². The maximum Gasteiger partial charge on any atom is 0.243 e. The van der Waals surface area contributed by atoms with Gasteiger partial charge in [0.1, 0.15) is 5.54 Å². The molecule has 2 atom stereocenters. The fraction of sp³-hybridized carbons (Fsp3) is 0.632. The third-order valence-electron chi connectivity index (χ3n) is 5.41. The van der Waals surface area contributed by atoms with Crippen LogP contribution in [0.15, 0.2) is 24.3 Å². The van der Waals surface area contributed by atoms with Crippen molar-refractivity contribution >= 4 is 5.91 Å². The highest BCUT2D eigenvalue weighted by Gasteiger charge is 2.63. The van der Waals surface area contributed by atoms with E-state index >= 15 is 0 Å². The monoisotopic (exact) mass is 318 g/mol. The van der Waals surface area contributed by atoms with Gasteiger partial charge in [-0.3, -0.25) is 4.79 Å². The molecule has 23 heavy (non-hydrogen) atoms. The van der Waals surface area contributed by atoms with Gasteiger partial charge < -0.3 is 15.4 Å². The van der Waals surface area contributed by atoms with Crippen molar-refractivity contribution in [3.8, 4) is 0 Å². The van der Waals surface area contributed by atoms with Crippen molar-refractivity contribution in [1.82, 2.24) is 4.90 Å². The maximum absolute atomic E-state index is 12.9. The summed E-state index contributed by atoms with van der Waals surface area (Å²) in [5.41, 5.74) is 7.71. The van der Waals surface area contributed by atoms with E-state index in [0.29, 0.717) is 19.6 Å². The summed E-state index contributed by atoms with van der Waals surface area (Å²) in [5, 5.41) is 0. The second-order valence-corrected chi connectivity index (χ2v) is 7.17. The van der Waals surface area contributed by atoms with Gasteiger partial charge >= 0.3 is 0 Å². The Hall–Kier alpha value is -1.39. The van der Waals surface area contributed by atoms with Gasteiger partial charge in [-0.25, -0.2) is 0 Å². The Labute approximate surface area is 140 Å². The average Bonchev–Trinajstić information content (AvgIpc) is 2.54. The number of ether oxygens (including phenoxy) is 1. The van der Waals surface area contributed by atoms with Crippen LogP contribution in [0.25, 0.3) is 0 Å². The lowest BCUT2D eigenvalue weighted by atomic mass is 9.54. The maximum atomic E-state index is 12.9. The molecule has 1 amide bonds. The number of nitrogens with zero attached hydrogens (tertiary/aromatic N) is 1. The number of amides is 1. The number of likely N-dealkylation sites (N-methyl/N-ethyl adjacent to an activating group) is 1. The van der Waals surface area contributed by atoms with E-state index in [1.807, 2.05) is 27.8 Å². The zero-order valence-corrected chi connectivity index (χ0v) is 15.1.